The third kappa shape index (κ3) is 5.31. The van der Waals surface area contributed by atoms with Crippen molar-refractivity contribution >= 4 is 16.0 Å². The van der Waals surface area contributed by atoms with Crippen LogP contribution in [0.5, 0.6) is 5.75 Å². The third-order valence-corrected chi connectivity index (χ3v) is 4.91. The number of nitrogens with one attached hydrogen (secondary N) is 1. The third-order valence-electron chi connectivity index (χ3n) is 4.06. The minimum atomic E-state index is -4.22. The molecule has 0 bridgehead atoms. The Kier molecular flexibility index (Phi) is 6.39. The number of benzene rings is 2. The minimum Gasteiger partial charge on any atom is -0.507 e. The van der Waals surface area contributed by atoms with Crippen LogP contribution < -0.4 is 5.32 Å². The summed E-state index contributed by atoms with van der Waals surface area (Å²) in [4.78, 5) is 12.1. The molecule has 1 amide bonds. The molecule has 0 aliphatic rings. The van der Waals surface area contributed by atoms with Gasteiger partial charge in [-0.25, -0.2) is 0 Å². The molecule has 2 rings (SSSR count). The molecule has 0 atom stereocenters. The van der Waals surface area contributed by atoms with Crippen LogP contribution in [0.4, 0.5) is 0 Å². The molecule has 2 aromatic rings. The summed E-state index contributed by atoms with van der Waals surface area (Å²) in [5.41, 5.74) is 1.96. The van der Waals surface area contributed by atoms with E-state index in [1.165, 1.54) is 18.2 Å². The van der Waals surface area contributed by atoms with Crippen molar-refractivity contribution in [3.05, 3.63) is 59.2 Å². The Morgan fingerprint density at radius 2 is 1.88 bits per heavy atom. The van der Waals surface area contributed by atoms with Crippen molar-refractivity contribution in [2.45, 2.75) is 37.5 Å². The summed E-state index contributed by atoms with van der Waals surface area (Å²) in [6.45, 7) is 4.39. The molecule has 3 N–H and O–H groups in total. The molecule has 7 heteroatoms. The molecule has 6 nitrogen and oxygen atoms in total. The molecule has 26 heavy (non-hydrogen) atoms. The summed E-state index contributed by atoms with van der Waals surface area (Å²) in [5.74, 6) is -0.165. The molecule has 2 aromatic carbocycles. The highest BCUT2D eigenvalue weighted by Gasteiger charge is 2.13. The maximum atomic E-state index is 12.3. The number of phenolic OH excluding ortho intramolecular Hbond substituents is 1. The van der Waals surface area contributed by atoms with Gasteiger partial charge in [-0.2, -0.15) is 8.42 Å². The first kappa shape index (κ1) is 19.9. The van der Waals surface area contributed by atoms with Gasteiger partial charge in [0.25, 0.3) is 16.0 Å². The SMILES string of the molecule is CC(C)c1ccc(O)c(C(=O)NCCCc2cccc(S(=O)(=O)O)c2)c1. The standard InChI is InChI=1S/C19H23NO5S/c1-13(2)15-8-9-18(21)17(12-15)19(22)20-10-4-6-14-5-3-7-16(11-14)26(23,24)25/h3,5,7-9,11-13,21H,4,6,10H2,1-2H3,(H,20,22)(H,23,24,25). The van der Waals surface area contributed by atoms with Gasteiger partial charge in [0.15, 0.2) is 0 Å². The lowest BCUT2D eigenvalue weighted by Crippen LogP contribution is -2.25. The zero-order valence-corrected chi connectivity index (χ0v) is 15.6. The van der Waals surface area contributed by atoms with Crippen molar-refractivity contribution in [3.8, 4) is 5.75 Å². The fourth-order valence-electron chi connectivity index (χ4n) is 2.55. The van der Waals surface area contributed by atoms with Crippen LogP contribution in [0.15, 0.2) is 47.4 Å². The highest BCUT2D eigenvalue weighted by Crippen LogP contribution is 2.23. The Labute approximate surface area is 153 Å². The Morgan fingerprint density at radius 3 is 2.54 bits per heavy atom. The molecular formula is C19H23NO5S. The Morgan fingerprint density at radius 1 is 1.15 bits per heavy atom. The number of phenols is 1. The predicted octanol–water partition coefficient (Wildman–Crippen LogP) is 3.12. The molecule has 0 spiro atoms. The van der Waals surface area contributed by atoms with Gasteiger partial charge < -0.3 is 10.4 Å². The Bertz CT molecular complexity index is 891. The quantitative estimate of drug-likeness (QED) is 0.508. The van der Waals surface area contributed by atoms with Crippen LogP contribution in [0.1, 0.15) is 47.7 Å². The van der Waals surface area contributed by atoms with Gasteiger partial charge in [0.2, 0.25) is 0 Å². The van der Waals surface area contributed by atoms with Gasteiger partial charge in [0, 0.05) is 6.54 Å². The molecule has 0 unspecified atom stereocenters. The van der Waals surface area contributed by atoms with Gasteiger partial charge in [-0.05, 0) is 54.2 Å². The van der Waals surface area contributed by atoms with E-state index >= 15 is 0 Å². The van der Waals surface area contributed by atoms with Crippen molar-refractivity contribution in [1.29, 1.82) is 0 Å². The second kappa shape index (κ2) is 8.33. The molecule has 0 saturated heterocycles. The molecule has 0 aliphatic carbocycles. The lowest BCUT2D eigenvalue weighted by Gasteiger charge is -2.11. The summed E-state index contributed by atoms with van der Waals surface area (Å²) in [5, 5.41) is 12.6. The van der Waals surface area contributed by atoms with Crippen LogP contribution in [0, 0.1) is 0 Å². The van der Waals surface area contributed by atoms with E-state index in [-0.39, 0.29) is 28.0 Å². The second-order valence-electron chi connectivity index (χ2n) is 6.41. The number of amides is 1. The van der Waals surface area contributed by atoms with E-state index in [2.05, 4.69) is 5.32 Å². The van der Waals surface area contributed by atoms with Crippen LogP contribution in [0.2, 0.25) is 0 Å². The normalized spacial score (nSPS) is 11.5. The molecule has 0 aromatic heterocycles. The molecule has 0 heterocycles. The van der Waals surface area contributed by atoms with E-state index in [1.807, 2.05) is 13.8 Å². The van der Waals surface area contributed by atoms with E-state index < -0.39 is 10.1 Å². The van der Waals surface area contributed by atoms with Crippen molar-refractivity contribution in [1.82, 2.24) is 5.32 Å². The van der Waals surface area contributed by atoms with Crippen molar-refractivity contribution in [2.24, 2.45) is 0 Å². The molecular weight excluding hydrogens is 354 g/mol. The Balaban J connectivity index is 1.93. The number of aryl methyl sites for hydroxylation is 1. The number of hydrogen-bond donors (Lipinski definition) is 3. The average molecular weight is 377 g/mol. The largest absolute Gasteiger partial charge is 0.507 e. The molecule has 0 radical (unpaired) electrons. The number of hydrogen-bond acceptors (Lipinski definition) is 4. The zero-order chi connectivity index (χ0) is 19.3. The number of carbonyl (C=O) groups excluding carboxylic acids is 1. The minimum absolute atomic E-state index is 0.0623. The average Bonchev–Trinajstić information content (AvgIpc) is 2.58. The van der Waals surface area contributed by atoms with Gasteiger partial charge in [-0.3, -0.25) is 9.35 Å². The van der Waals surface area contributed by atoms with Gasteiger partial charge in [0.05, 0.1) is 10.5 Å². The second-order valence-corrected chi connectivity index (χ2v) is 7.83. The summed E-state index contributed by atoms with van der Waals surface area (Å²) in [6, 6.07) is 11.1. The van der Waals surface area contributed by atoms with Crippen LogP contribution in [0.3, 0.4) is 0 Å². The van der Waals surface area contributed by atoms with Crippen LogP contribution in [0.25, 0.3) is 0 Å². The van der Waals surface area contributed by atoms with Crippen molar-refractivity contribution in [3.63, 3.8) is 0 Å². The van der Waals surface area contributed by atoms with E-state index in [0.717, 1.165) is 11.1 Å². The lowest BCUT2D eigenvalue weighted by atomic mass is 10.00. The van der Waals surface area contributed by atoms with Crippen molar-refractivity contribution in [2.75, 3.05) is 6.54 Å². The first-order chi connectivity index (χ1) is 12.2. The van der Waals surface area contributed by atoms with Gasteiger partial charge in [-0.1, -0.05) is 32.0 Å². The van der Waals surface area contributed by atoms with E-state index in [9.17, 15) is 18.3 Å². The van der Waals surface area contributed by atoms with E-state index in [1.54, 1.807) is 24.3 Å². The van der Waals surface area contributed by atoms with Gasteiger partial charge in [0.1, 0.15) is 5.75 Å². The predicted molar refractivity (Wildman–Crippen MR) is 99.1 cm³/mol. The van der Waals surface area contributed by atoms with Crippen LogP contribution >= 0.6 is 0 Å². The molecule has 0 saturated carbocycles. The smallest absolute Gasteiger partial charge is 0.294 e. The molecule has 0 aliphatic heterocycles. The monoisotopic (exact) mass is 377 g/mol. The first-order valence-corrected chi connectivity index (χ1v) is 9.80. The number of aromatic hydroxyl groups is 1. The van der Waals surface area contributed by atoms with Gasteiger partial charge >= 0.3 is 0 Å². The fraction of sp³-hybridized carbons (Fsp3) is 0.316. The summed E-state index contributed by atoms with van der Waals surface area (Å²) in [6.07, 6.45) is 1.13. The summed E-state index contributed by atoms with van der Waals surface area (Å²) in [7, 11) is -4.22. The maximum Gasteiger partial charge on any atom is 0.294 e. The number of rotatable bonds is 7. The summed E-state index contributed by atoms with van der Waals surface area (Å²) < 4.78 is 31.3. The van der Waals surface area contributed by atoms with Crippen molar-refractivity contribution < 1.29 is 22.9 Å². The van der Waals surface area contributed by atoms with E-state index in [0.29, 0.717) is 19.4 Å². The first-order valence-electron chi connectivity index (χ1n) is 8.36. The Hall–Kier alpha value is -2.38. The molecule has 0 fully saturated rings. The molecule has 140 valence electrons. The lowest BCUT2D eigenvalue weighted by molar-refractivity contribution is 0.0950. The maximum absolute atomic E-state index is 12.3. The fourth-order valence-corrected chi connectivity index (χ4v) is 3.10. The van der Waals surface area contributed by atoms with Crippen LogP contribution in [-0.4, -0.2) is 30.5 Å². The van der Waals surface area contributed by atoms with Crippen LogP contribution in [-0.2, 0) is 16.5 Å². The van der Waals surface area contributed by atoms with Gasteiger partial charge in [-0.15, -0.1) is 0 Å². The van der Waals surface area contributed by atoms with E-state index in [4.69, 9.17) is 4.55 Å². The zero-order valence-electron chi connectivity index (χ0n) is 14.8. The summed E-state index contributed by atoms with van der Waals surface area (Å²) >= 11 is 0. The topological polar surface area (TPSA) is 104 Å². The highest BCUT2D eigenvalue weighted by atomic mass is 32.2. The highest BCUT2D eigenvalue weighted by molar-refractivity contribution is 7.85. The number of carbonyl (C=O) groups is 1.